The van der Waals surface area contributed by atoms with Gasteiger partial charge in [-0.3, -0.25) is 14.2 Å². The average Bonchev–Trinajstić information content (AvgIpc) is 3.08. The van der Waals surface area contributed by atoms with Crippen LogP contribution < -0.4 is 5.32 Å². The number of nitrogens with one attached hydrogen (secondary N) is 1. The Kier molecular flexibility index (Phi) is 7.25. The normalized spacial score (nSPS) is 19.7. The molecule has 1 N–H and O–H groups in total. The van der Waals surface area contributed by atoms with Crippen molar-refractivity contribution in [1.82, 2.24) is 14.8 Å². The minimum Gasteiger partial charge on any atom is -0.443 e. The fraction of sp³-hybridized carbons (Fsp3) is 0.577. The number of fused-ring (bicyclic) bond motifs is 1. The van der Waals surface area contributed by atoms with E-state index in [0.717, 1.165) is 10.9 Å². The van der Waals surface area contributed by atoms with Crippen LogP contribution in [0.1, 0.15) is 47.1 Å². The molecule has 0 radical (unpaired) electrons. The average molecular weight is 502 g/mol. The smallest absolute Gasteiger partial charge is 0.419 e. The first-order chi connectivity index (χ1) is 16.0. The molecule has 3 rings (SSSR count). The summed E-state index contributed by atoms with van der Waals surface area (Å²) in [5.74, 6) is -0.408. The maximum atomic E-state index is 13.2. The fourth-order valence-corrected chi connectivity index (χ4v) is 4.84. The van der Waals surface area contributed by atoms with Gasteiger partial charge in [0.25, 0.3) is 0 Å². The summed E-state index contributed by atoms with van der Waals surface area (Å²) in [4.78, 5) is 40.5. The van der Waals surface area contributed by atoms with Crippen molar-refractivity contribution in [2.24, 2.45) is 0 Å². The zero-order chi connectivity index (χ0) is 26.3. The molecule has 1 fully saturated rings. The molecule has 2 atom stereocenters. The van der Waals surface area contributed by atoms with E-state index >= 15 is 0 Å². The van der Waals surface area contributed by atoms with Crippen LogP contribution in [0.4, 0.5) is 4.79 Å². The number of carbonyl (C=O) groups excluding carboxylic acids is 3. The van der Waals surface area contributed by atoms with Crippen LogP contribution in [0.3, 0.4) is 0 Å². The Morgan fingerprint density at radius 3 is 2.31 bits per heavy atom. The molecule has 9 heteroatoms. The van der Waals surface area contributed by atoms with Crippen molar-refractivity contribution in [3.8, 4) is 0 Å². The van der Waals surface area contributed by atoms with Gasteiger partial charge in [-0.15, -0.1) is 0 Å². The first kappa shape index (κ1) is 26.9. The number of benzene rings is 1. The SMILES string of the molecule is CN1C(=O)[C@@H](Cc2cn(C(=O)OC(C)(C)C)c3ccccc23)NC(=O)[C@H]1CO[Si](C)(C)C(C)(C)C. The first-order valence-corrected chi connectivity index (χ1v) is 15.0. The van der Waals surface area contributed by atoms with Crippen LogP contribution in [-0.2, 0) is 25.2 Å². The highest BCUT2D eigenvalue weighted by atomic mass is 28.4. The van der Waals surface area contributed by atoms with Gasteiger partial charge in [-0.2, -0.15) is 0 Å². The molecule has 35 heavy (non-hydrogen) atoms. The lowest BCUT2D eigenvalue weighted by atomic mass is 10.0. The maximum Gasteiger partial charge on any atom is 0.419 e. The van der Waals surface area contributed by atoms with E-state index < -0.39 is 32.1 Å². The number of hydrogen-bond acceptors (Lipinski definition) is 5. The predicted molar refractivity (Wildman–Crippen MR) is 139 cm³/mol. The molecule has 0 spiro atoms. The lowest BCUT2D eigenvalue weighted by Gasteiger charge is -2.41. The van der Waals surface area contributed by atoms with Crippen molar-refractivity contribution < 1.29 is 23.5 Å². The summed E-state index contributed by atoms with van der Waals surface area (Å²) >= 11 is 0. The van der Waals surface area contributed by atoms with Crippen molar-refractivity contribution in [2.75, 3.05) is 13.7 Å². The third-order valence-electron chi connectivity index (χ3n) is 6.95. The van der Waals surface area contributed by atoms with Gasteiger partial charge in [0.2, 0.25) is 11.8 Å². The van der Waals surface area contributed by atoms with Gasteiger partial charge in [0, 0.05) is 25.1 Å². The summed E-state index contributed by atoms with van der Waals surface area (Å²) in [5, 5.41) is 3.74. The molecule has 192 valence electrons. The van der Waals surface area contributed by atoms with E-state index in [4.69, 9.17) is 9.16 Å². The minimum absolute atomic E-state index is 0.00557. The molecule has 2 aromatic rings. The van der Waals surface area contributed by atoms with Crippen molar-refractivity contribution in [3.05, 3.63) is 36.0 Å². The van der Waals surface area contributed by atoms with Gasteiger partial charge in [0.15, 0.2) is 8.32 Å². The summed E-state index contributed by atoms with van der Waals surface area (Å²) in [6.45, 7) is 16.3. The predicted octanol–water partition coefficient (Wildman–Crippen LogP) is 4.31. The Morgan fingerprint density at radius 1 is 1.09 bits per heavy atom. The molecule has 1 saturated heterocycles. The monoisotopic (exact) mass is 501 g/mol. The number of carbonyl (C=O) groups is 3. The number of amides is 2. The zero-order valence-corrected chi connectivity index (χ0v) is 23.4. The van der Waals surface area contributed by atoms with Crippen LogP contribution >= 0.6 is 0 Å². The van der Waals surface area contributed by atoms with E-state index in [0.29, 0.717) is 5.52 Å². The van der Waals surface area contributed by atoms with Crippen LogP contribution in [0.2, 0.25) is 18.1 Å². The standard InChI is InChI=1S/C26H39N3O5Si/c1-25(2,3)34-24(32)29-15-17(18-12-10-11-13-20(18)29)14-19-23(31)28(7)21(22(30)27-19)16-33-35(8,9)26(4,5)6/h10-13,15,19,21H,14,16H2,1-9H3,(H,27,30)/t19-,21-/m1/s1. The minimum atomic E-state index is -2.07. The third-order valence-corrected chi connectivity index (χ3v) is 11.5. The summed E-state index contributed by atoms with van der Waals surface area (Å²) in [6, 6.07) is 6.07. The summed E-state index contributed by atoms with van der Waals surface area (Å²) in [6.07, 6.45) is 1.48. The highest BCUT2D eigenvalue weighted by Crippen LogP contribution is 2.36. The second kappa shape index (κ2) is 9.42. The number of likely N-dealkylation sites (N-methyl/N-ethyl adjacent to an activating group) is 1. The second-order valence-corrected chi connectivity index (χ2v) is 16.6. The van der Waals surface area contributed by atoms with Gasteiger partial charge < -0.3 is 19.4 Å². The van der Waals surface area contributed by atoms with Gasteiger partial charge in [-0.25, -0.2) is 4.79 Å². The molecule has 0 aliphatic carbocycles. The van der Waals surface area contributed by atoms with E-state index in [-0.39, 0.29) is 29.9 Å². The number of ether oxygens (including phenoxy) is 1. The molecule has 1 aliphatic heterocycles. The van der Waals surface area contributed by atoms with Crippen molar-refractivity contribution in [1.29, 1.82) is 0 Å². The Morgan fingerprint density at radius 2 is 1.71 bits per heavy atom. The lowest BCUT2D eigenvalue weighted by molar-refractivity contribution is -0.148. The number of piperazine rings is 1. The molecular formula is C26H39N3O5Si. The summed E-state index contributed by atoms with van der Waals surface area (Å²) < 4.78 is 13.2. The van der Waals surface area contributed by atoms with Crippen LogP contribution in [0.25, 0.3) is 10.9 Å². The van der Waals surface area contributed by atoms with Gasteiger partial charge in [-0.05, 0) is 50.5 Å². The molecule has 1 aromatic heterocycles. The van der Waals surface area contributed by atoms with Gasteiger partial charge in [0.05, 0.1) is 12.1 Å². The number of nitrogens with zero attached hydrogens (tertiary/aromatic N) is 2. The molecule has 2 amide bonds. The topological polar surface area (TPSA) is 89.9 Å². The van der Waals surface area contributed by atoms with E-state index in [2.05, 4.69) is 39.2 Å². The van der Waals surface area contributed by atoms with Crippen molar-refractivity contribution in [3.63, 3.8) is 0 Å². The highest BCUT2D eigenvalue weighted by Gasteiger charge is 2.42. The first-order valence-electron chi connectivity index (χ1n) is 12.0. The number of rotatable bonds is 5. The van der Waals surface area contributed by atoms with Crippen molar-refractivity contribution >= 4 is 37.1 Å². The highest BCUT2D eigenvalue weighted by molar-refractivity contribution is 6.74. The van der Waals surface area contributed by atoms with E-state index in [1.54, 1.807) is 13.2 Å². The van der Waals surface area contributed by atoms with Gasteiger partial charge >= 0.3 is 6.09 Å². The molecular weight excluding hydrogens is 462 g/mol. The quantitative estimate of drug-likeness (QED) is 0.617. The molecule has 2 heterocycles. The van der Waals surface area contributed by atoms with Crippen LogP contribution in [0.15, 0.2) is 30.5 Å². The van der Waals surface area contributed by atoms with Crippen LogP contribution in [0.5, 0.6) is 0 Å². The largest absolute Gasteiger partial charge is 0.443 e. The Labute approximate surface area is 209 Å². The molecule has 0 unspecified atom stereocenters. The molecule has 1 aromatic carbocycles. The fourth-order valence-electron chi connectivity index (χ4n) is 3.83. The van der Waals surface area contributed by atoms with E-state index in [9.17, 15) is 14.4 Å². The third kappa shape index (κ3) is 5.78. The number of aromatic nitrogens is 1. The Bertz CT molecular complexity index is 1130. The van der Waals surface area contributed by atoms with Crippen LogP contribution in [-0.4, -0.2) is 67.0 Å². The maximum absolute atomic E-state index is 13.2. The van der Waals surface area contributed by atoms with E-state index in [1.165, 1.54) is 9.47 Å². The van der Waals surface area contributed by atoms with Gasteiger partial charge in [-0.1, -0.05) is 39.0 Å². The van der Waals surface area contributed by atoms with Crippen LogP contribution in [0, 0.1) is 0 Å². The van der Waals surface area contributed by atoms with Crippen molar-refractivity contribution in [2.45, 2.75) is 83.8 Å². The number of hydrogen-bond donors (Lipinski definition) is 1. The second-order valence-electron chi connectivity index (χ2n) is 11.8. The zero-order valence-electron chi connectivity index (χ0n) is 22.4. The number of para-hydroxylation sites is 1. The summed E-state index contributed by atoms with van der Waals surface area (Å²) in [7, 11) is -0.418. The van der Waals surface area contributed by atoms with Gasteiger partial charge in [0.1, 0.15) is 17.7 Å². The van der Waals surface area contributed by atoms with E-state index in [1.807, 2.05) is 45.0 Å². The molecule has 0 bridgehead atoms. The molecule has 1 aliphatic rings. The molecule has 8 nitrogen and oxygen atoms in total. The summed E-state index contributed by atoms with van der Waals surface area (Å²) in [5.41, 5.74) is 0.843. The Hall–Kier alpha value is -2.65. The Balaban J connectivity index is 1.80. The molecule has 0 saturated carbocycles. The lowest BCUT2D eigenvalue weighted by Crippen LogP contribution is -2.64.